The van der Waals surface area contributed by atoms with E-state index in [0.717, 1.165) is 12.1 Å². The predicted molar refractivity (Wildman–Crippen MR) is 67.6 cm³/mol. The average Bonchev–Trinajstić information content (AvgIpc) is 2.26. The first-order valence-electron chi connectivity index (χ1n) is 5.74. The molecule has 2 N–H and O–H groups in total. The Morgan fingerprint density at radius 3 is 2.75 bits per heavy atom. The lowest BCUT2D eigenvalue weighted by molar-refractivity contribution is -0.115. The second kappa shape index (κ2) is 6.28. The van der Waals surface area contributed by atoms with Crippen molar-refractivity contribution in [2.75, 3.05) is 11.9 Å². The molecule has 0 unspecified atom stereocenters. The molecule has 1 rings (SSSR count). The van der Waals surface area contributed by atoms with Crippen molar-refractivity contribution in [1.29, 1.82) is 0 Å². The summed E-state index contributed by atoms with van der Waals surface area (Å²) in [5, 5.41) is 5.95. The third-order valence-electron chi connectivity index (χ3n) is 2.29. The van der Waals surface area contributed by atoms with E-state index in [2.05, 4.69) is 23.6 Å². The van der Waals surface area contributed by atoms with Gasteiger partial charge in [0.1, 0.15) is 0 Å². The van der Waals surface area contributed by atoms with Crippen LogP contribution in [0, 0.1) is 0 Å². The molecule has 0 heterocycles. The van der Waals surface area contributed by atoms with Gasteiger partial charge in [-0.1, -0.05) is 32.9 Å². The average molecular weight is 220 g/mol. The fourth-order valence-corrected chi connectivity index (χ4v) is 1.37. The summed E-state index contributed by atoms with van der Waals surface area (Å²) >= 11 is 0. The van der Waals surface area contributed by atoms with Crippen LogP contribution >= 0.6 is 0 Å². The number of hydrogen-bond donors (Lipinski definition) is 2. The Kier molecular flexibility index (Phi) is 4.99. The molecule has 0 spiro atoms. The SMILES string of the molecule is CCc1cccc(NC(=O)CNC(C)C)c1. The van der Waals surface area contributed by atoms with Crippen LogP contribution in [0.15, 0.2) is 24.3 Å². The summed E-state index contributed by atoms with van der Waals surface area (Å²) in [5.74, 6) is 0.00181. The summed E-state index contributed by atoms with van der Waals surface area (Å²) in [5.41, 5.74) is 2.10. The number of nitrogens with one attached hydrogen (secondary N) is 2. The molecule has 0 bridgehead atoms. The van der Waals surface area contributed by atoms with Crippen LogP contribution in [0.2, 0.25) is 0 Å². The number of aryl methyl sites for hydroxylation is 1. The molecule has 1 amide bonds. The second-order valence-electron chi connectivity index (χ2n) is 4.14. The van der Waals surface area contributed by atoms with Crippen LogP contribution in [-0.2, 0) is 11.2 Å². The van der Waals surface area contributed by atoms with Gasteiger partial charge in [-0.25, -0.2) is 0 Å². The highest BCUT2D eigenvalue weighted by Crippen LogP contribution is 2.10. The second-order valence-corrected chi connectivity index (χ2v) is 4.14. The van der Waals surface area contributed by atoms with Crippen molar-refractivity contribution in [2.45, 2.75) is 33.2 Å². The Labute approximate surface area is 97.2 Å². The van der Waals surface area contributed by atoms with E-state index < -0.39 is 0 Å². The smallest absolute Gasteiger partial charge is 0.238 e. The fourth-order valence-electron chi connectivity index (χ4n) is 1.37. The number of hydrogen-bond acceptors (Lipinski definition) is 2. The fraction of sp³-hybridized carbons (Fsp3) is 0.462. The van der Waals surface area contributed by atoms with Crippen LogP contribution in [0.4, 0.5) is 5.69 Å². The van der Waals surface area contributed by atoms with Crippen LogP contribution < -0.4 is 10.6 Å². The van der Waals surface area contributed by atoms with Gasteiger partial charge in [0.15, 0.2) is 0 Å². The molecule has 0 aliphatic rings. The van der Waals surface area contributed by atoms with E-state index in [1.165, 1.54) is 5.56 Å². The van der Waals surface area contributed by atoms with Crippen LogP contribution in [0.1, 0.15) is 26.3 Å². The maximum atomic E-state index is 11.5. The quantitative estimate of drug-likeness (QED) is 0.798. The Hall–Kier alpha value is -1.35. The molecule has 1 aromatic carbocycles. The lowest BCUT2D eigenvalue weighted by Gasteiger charge is -2.09. The van der Waals surface area contributed by atoms with E-state index in [4.69, 9.17) is 0 Å². The van der Waals surface area contributed by atoms with Gasteiger partial charge >= 0.3 is 0 Å². The molecule has 0 radical (unpaired) electrons. The van der Waals surface area contributed by atoms with Crippen LogP contribution in [0.25, 0.3) is 0 Å². The van der Waals surface area contributed by atoms with Crippen LogP contribution in [0.5, 0.6) is 0 Å². The zero-order chi connectivity index (χ0) is 12.0. The first-order chi connectivity index (χ1) is 7.61. The molecule has 16 heavy (non-hydrogen) atoms. The number of amides is 1. The van der Waals surface area contributed by atoms with Crippen molar-refractivity contribution in [2.24, 2.45) is 0 Å². The molecule has 3 nitrogen and oxygen atoms in total. The topological polar surface area (TPSA) is 41.1 Å². The first-order valence-corrected chi connectivity index (χ1v) is 5.74. The molecule has 0 saturated carbocycles. The summed E-state index contributed by atoms with van der Waals surface area (Å²) in [6.45, 7) is 6.49. The molecule has 0 atom stereocenters. The molecular formula is C13H20N2O. The van der Waals surface area contributed by atoms with E-state index in [1.807, 2.05) is 32.0 Å². The van der Waals surface area contributed by atoms with Gasteiger partial charge in [0.2, 0.25) is 5.91 Å². The zero-order valence-electron chi connectivity index (χ0n) is 10.2. The van der Waals surface area contributed by atoms with Gasteiger partial charge in [0.25, 0.3) is 0 Å². The van der Waals surface area contributed by atoms with E-state index in [-0.39, 0.29) is 5.91 Å². The van der Waals surface area contributed by atoms with Crippen molar-refractivity contribution in [3.8, 4) is 0 Å². The van der Waals surface area contributed by atoms with Crippen molar-refractivity contribution < 1.29 is 4.79 Å². The molecule has 0 aliphatic heterocycles. The van der Waals surface area contributed by atoms with Gasteiger partial charge in [-0.3, -0.25) is 4.79 Å². The Bertz CT molecular complexity index is 348. The summed E-state index contributed by atoms with van der Waals surface area (Å²) in [4.78, 5) is 11.5. The maximum Gasteiger partial charge on any atom is 0.238 e. The maximum absolute atomic E-state index is 11.5. The third kappa shape index (κ3) is 4.45. The van der Waals surface area contributed by atoms with Gasteiger partial charge in [-0.2, -0.15) is 0 Å². The molecule has 1 aromatic rings. The molecule has 0 aromatic heterocycles. The highest BCUT2D eigenvalue weighted by atomic mass is 16.1. The zero-order valence-corrected chi connectivity index (χ0v) is 10.2. The van der Waals surface area contributed by atoms with E-state index >= 15 is 0 Å². The molecule has 88 valence electrons. The summed E-state index contributed by atoms with van der Waals surface area (Å²) in [6.07, 6.45) is 0.980. The summed E-state index contributed by atoms with van der Waals surface area (Å²) < 4.78 is 0. The Balaban J connectivity index is 2.49. The van der Waals surface area contributed by atoms with Crippen molar-refractivity contribution in [3.63, 3.8) is 0 Å². The highest BCUT2D eigenvalue weighted by molar-refractivity contribution is 5.92. The number of benzene rings is 1. The normalized spacial score (nSPS) is 10.5. The van der Waals surface area contributed by atoms with Gasteiger partial charge < -0.3 is 10.6 Å². The standard InChI is InChI=1S/C13H20N2O/c1-4-11-6-5-7-12(8-11)15-13(16)9-14-10(2)3/h5-8,10,14H,4,9H2,1-3H3,(H,15,16). The minimum atomic E-state index is 0.00181. The number of anilines is 1. The highest BCUT2D eigenvalue weighted by Gasteiger charge is 2.03. The van der Waals surface area contributed by atoms with Gasteiger partial charge in [0.05, 0.1) is 6.54 Å². The van der Waals surface area contributed by atoms with Gasteiger partial charge in [0, 0.05) is 11.7 Å². The molecule has 0 saturated heterocycles. The Morgan fingerprint density at radius 1 is 1.38 bits per heavy atom. The van der Waals surface area contributed by atoms with E-state index in [9.17, 15) is 4.79 Å². The lowest BCUT2D eigenvalue weighted by atomic mass is 10.1. The molecule has 3 heteroatoms. The molecule has 0 aliphatic carbocycles. The monoisotopic (exact) mass is 220 g/mol. The van der Waals surface area contributed by atoms with Crippen molar-refractivity contribution in [1.82, 2.24) is 5.32 Å². The predicted octanol–water partition coefficient (Wildman–Crippen LogP) is 2.19. The number of carbonyl (C=O) groups excluding carboxylic acids is 1. The minimum Gasteiger partial charge on any atom is -0.325 e. The lowest BCUT2D eigenvalue weighted by Crippen LogP contribution is -2.32. The largest absolute Gasteiger partial charge is 0.325 e. The number of carbonyl (C=O) groups is 1. The third-order valence-corrected chi connectivity index (χ3v) is 2.29. The van der Waals surface area contributed by atoms with Crippen LogP contribution in [0.3, 0.4) is 0 Å². The first kappa shape index (κ1) is 12.7. The Morgan fingerprint density at radius 2 is 2.12 bits per heavy atom. The minimum absolute atomic E-state index is 0.00181. The van der Waals surface area contributed by atoms with Crippen LogP contribution in [-0.4, -0.2) is 18.5 Å². The number of rotatable bonds is 5. The van der Waals surface area contributed by atoms with Gasteiger partial charge in [-0.15, -0.1) is 0 Å². The van der Waals surface area contributed by atoms with Crippen molar-refractivity contribution in [3.05, 3.63) is 29.8 Å². The van der Waals surface area contributed by atoms with E-state index in [0.29, 0.717) is 12.6 Å². The van der Waals surface area contributed by atoms with E-state index in [1.54, 1.807) is 0 Å². The van der Waals surface area contributed by atoms with Gasteiger partial charge in [-0.05, 0) is 24.1 Å². The molecular weight excluding hydrogens is 200 g/mol. The molecule has 0 fully saturated rings. The summed E-state index contributed by atoms with van der Waals surface area (Å²) in [6, 6.07) is 8.26. The van der Waals surface area contributed by atoms with Crippen molar-refractivity contribution >= 4 is 11.6 Å². The summed E-state index contributed by atoms with van der Waals surface area (Å²) in [7, 11) is 0.